The smallest absolute Gasteiger partial charge is 0.410 e. The van der Waals surface area contributed by atoms with Crippen LogP contribution in [0, 0.1) is 17.8 Å². The molecule has 0 radical (unpaired) electrons. The highest BCUT2D eigenvalue weighted by molar-refractivity contribution is 5.69. The van der Waals surface area contributed by atoms with Crippen molar-refractivity contribution in [1.82, 2.24) is 4.90 Å². The summed E-state index contributed by atoms with van der Waals surface area (Å²) in [5, 5.41) is 8.82. The highest BCUT2D eigenvalue weighted by Crippen LogP contribution is 2.43. The zero-order chi connectivity index (χ0) is 14.2. The number of fused-ring (bicyclic) bond motifs is 1. The van der Waals surface area contributed by atoms with Crippen LogP contribution < -0.4 is 0 Å². The lowest BCUT2D eigenvalue weighted by molar-refractivity contribution is -0.138. The molecule has 2 fully saturated rings. The first-order valence-corrected chi connectivity index (χ1v) is 6.94. The van der Waals surface area contributed by atoms with E-state index >= 15 is 0 Å². The van der Waals surface area contributed by atoms with Gasteiger partial charge in [-0.15, -0.1) is 0 Å². The number of hydrogen-bond acceptors (Lipinski definition) is 3. The van der Waals surface area contributed by atoms with Gasteiger partial charge in [0.1, 0.15) is 5.60 Å². The Morgan fingerprint density at radius 2 is 1.74 bits per heavy atom. The number of carboxylic acid groups (broad SMARTS) is 1. The lowest BCUT2D eigenvalue weighted by Gasteiger charge is -2.25. The minimum Gasteiger partial charge on any atom is -0.481 e. The van der Waals surface area contributed by atoms with Gasteiger partial charge in [-0.2, -0.15) is 0 Å². The fraction of sp³-hybridized carbons (Fsp3) is 0.857. The van der Waals surface area contributed by atoms with Crippen molar-refractivity contribution in [3.05, 3.63) is 0 Å². The highest BCUT2D eigenvalue weighted by atomic mass is 16.6. The molecule has 1 heterocycles. The molecule has 2 rings (SSSR count). The average Bonchev–Trinajstić information content (AvgIpc) is 2.70. The van der Waals surface area contributed by atoms with Crippen LogP contribution in [0.15, 0.2) is 0 Å². The number of carbonyl (C=O) groups is 2. The Labute approximate surface area is 113 Å². The third kappa shape index (κ3) is 3.61. The van der Waals surface area contributed by atoms with Crippen LogP contribution in [0.4, 0.5) is 4.79 Å². The first kappa shape index (κ1) is 14.2. The molecule has 1 unspecified atom stereocenters. The fourth-order valence-corrected chi connectivity index (χ4v) is 3.31. The maximum atomic E-state index is 12.0. The number of rotatable bonds is 2. The molecule has 0 spiro atoms. The Morgan fingerprint density at radius 1 is 1.21 bits per heavy atom. The molecule has 1 aliphatic heterocycles. The van der Waals surface area contributed by atoms with E-state index in [2.05, 4.69) is 0 Å². The molecule has 2 aliphatic rings. The van der Waals surface area contributed by atoms with Crippen LogP contribution in [0.1, 0.15) is 40.0 Å². The fourth-order valence-electron chi connectivity index (χ4n) is 3.31. The van der Waals surface area contributed by atoms with Gasteiger partial charge in [0.05, 0.1) is 0 Å². The van der Waals surface area contributed by atoms with Gasteiger partial charge in [-0.1, -0.05) is 0 Å². The maximum Gasteiger partial charge on any atom is 0.410 e. The van der Waals surface area contributed by atoms with Crippen LogP contribution in [-0.4, -0.2) is 40.8 Å². The minimum absolute atomic E-state index is 0.239. The Bertz CT molecular complexity index is 360. The zero-order valence-corrected chi connectivity index (χ0v) is 11.9. The van der Waals surface area contributed by atoms with Crippen LogP contribution in [-0.2, 0) is 9.53 Å². The van der Waals surface area contributed by atoms with E-state index in [4.69, 9.17) is 9.84 Å². The van der Waals surface area contributed by atoms with Crippen molar-refractivity contribution >= 4 is 12.1 Å². The van der Waals surface area contributed by atoms with E-state index < -0.39 is 11.6 Å². The number of likely N-dealkylation sites (tertiary alicyclic amines) is 1. The van der Waals surface area contributed by atoms with Crippen molar-refractivity contribution in [1.29, 1.82) is 0 Å². The normalized spacial score (nSPS) is 30.3. The first-order chi connectivity index (χ1) is 8.74. The third-order valence-corrected chi connectivity index (χ3v) is 3.96. The van der Waals surface area contributed by atoms with Gasteiger partial charge < -0.3 is 14.7 Å². The van der Waals surface area contributed by atoms with E-state index in [9.17, 15) is 9.59 Å². The SMILES string of the molecule is CC(C)(C)OC(=O)N1C[C@H]2CC(CC(=O)O)C[C@H]2C1. The molecule has 5 heteroatoms. The summed E-state index contributed by atoms with van der Waals surface area (Å²) in [6.45, 7) is 7.03. The quantitative estimate of drug-likeness (QED) is 0.835. The standard InChI is InChI=1S/C14H23NO4/c1-14(2,3)19-13(18)15-7-10-4-9(6-12(16)17)5-11(10)8-15/h9-11H,4-8H2,1-3H3,(H,16,17)/t9?,10-,11+. The Hall–Kier alpha value is -1.26. The van der Waals surface area contributed by atoms with E-state index in [-0.39, 0.29) is 18.4 Å². The van der Waals surface area contributed by atoms with Crippen molar-refractivity contribution in [2.75, 3.05) is 13.1 Å². The molecule has 5 nitrogen and oxygen atoms in total. The molecule has 19 heavy (non-hydrogen) atoms. The predicted molar refractivity (Wildman–Crippen MR) is 69.8 cm³/mol. The van der Waals surface area contributed by atoms with Crippen molar-refractivity contribution in [3.63, 3.8) is 0 Å². The topological polar surface area (TPSA) is 66.8 Å². The number of hydrogen-bond donors (Lipinski definition) is 1. The summed E-state index contributed by atoms with van der Waals surface area (Å²) in [5.41, 5.74) is -0.458. The number of nitrogens with zero attached hydrogens (tertiary/aromatic N) is 1. The van der Waals surface area contributed by atoms with Gasteiger partial charge in [0.2, 0.25) is 0 Å². The largest absolute Gasteiger partial charge is 0.481 e. The number of carbonyl (C=O) groups excluding carboxylic acids is 1. The average molecular weight is 269 g/mol. The zero-order valence-electron chi connectivity index (χ0n) is 11.9. The summed E-state index contributed by atoms with van der Waals surface area (Å²) in [4.78, 5) is 24.5. The van der Waals surface area contributed by atoms with Gasteiger partial charge in [-0.25, -0.2) is 4.79 Å². The van der Waals surface area contributed by atoms with Gasteiger partial charge >= 0.3 is 12.1 Å². The van der Waals surface area contributed by atoms with Crippen LogP contribution >= 0.6 is 0 Å². The van der Waals surface area contributed by atoms with Gasteiger partial charge in [0.25, 0.3) is 0 Å². The van der Waals surface area contributed by atoms with Crippen molar-refractivity contribution in [2.45, 2.75) is 45.6 Å². The van der Waals surface area contributed by atoms with Crippen LogP contribution in [0.5, 0.6) is 0 Å². The lowest BCUT2D eigenvalue weighted by atomic mass is 10.0. The first-order valence-electron chi connectivity index (χ1n) is 6.94. The number of carboxylic acids is 1. The number of ether oxygens (including phenoxy) is 1. The van der Waals surface area contributed by atoms with Gasteiger partial charge in [0, 0.05) is 19.5 Å². The van der Waals surface area contributed by atoms with Gasteiger partial charge in [0.15, 0.2) is 0 Å². The van der Waals surface area contributed by atoms with Crippen LogP contribution in [0.2, 0.25) is 0 Å². The number of amides is 1. The second kappa shape index (κ2) is 5.02. The molecule has 3 atom stereocenters. The van der Waals surface area contributed by atoms with E-state index in [1.807, 2.05) is 20.8 Å². The lowest BCUT2D eigenvalue weighted by Crippen LogP contribution is -2.36. The summed E-state index contributed by atoms with van der Waals surface area (Å²) in [6.07, 6.45) is 1.88. The molecule has 1 amide bonds. The maximum absolute atomic E-state index is 12.0. The molecule has 1 N–H and O–H groups in total. The van der Waals surface area contributed by atoms with Crippen molar-refractivity contribution in [3.8, 4) is 0 Å². The second-order valence-corrected chi connectivity index (χ2v) is 6.84. The van der Waals surface area contributed by atoms with Gasteiger partial charge in [-0.05, 0) is 51.4 Å². The second-order valence-electron chi connectivity index (χ2n) is 6.84. The minimum atomic E-state index is -0.714. The summed E-state index contributed by atoms with van der Waals surface area (Å²) in [6, 6.07) is 0. The van der Waals surface area contributed by atoms with E-state index in [0.717, 1.165) is 25.9 Å². The molecule has 0 bridgehead atoms. The summed E-state index contributed by atoms with van der Waals surface area (Å²) >= 11 is 0. The summed E-state index contributed by atoms with van der Waals surface area (Å²) < 4.78 is 5.37. The Kier molecular flexibility index (Phi) is 3.74. The Morgan fingerprint density at radius 3 is 2.16 bits per heavy atom. The molecule has 0 aromatic heterocycles. The molecule has 1 aliphatic carbocycles. The third-order valence-electron chi connectivity index (χ3n) is 3.96. The van der Waals surface area contributed by atoms with E-state index in [1.165, 1.54) is 0 Å². The van der Waals surface area contributed by atoms with Crippen LogP contribution in [0.25, 0.3) is 0 Å². The van der Waals surface area contributed by atoms with Gasteiger partial charge in [-0.3, -0.25) is 4.79 Å². The highest BCUT2D eigenvalue weighted by Gasteiger charge is 2.43. The van der Waals surface area contributed by atoms with Crippen molar-refractivity contribution in [2.24, 2.45) is 17.8 Å². The molecule has 1 saturated carbocycles. The van der Waals surface area contributed by atoms with Crippen molar-refractivity contribution < 1.29 is 19.4 Å². The predicted octanol–water partition coefficient (Wildman–Crippen LogP) is 2.35. The summed E-state index contributed by atoms with van der Waals surface area (Å²) in [7, 11) is 0. The monoisotopic (exact) mass is 269 g/mol. The summed E-state index contributed by atoms with van der Waals surface area (Å²) in [5.74, 6) is 0.482. The number of aliphatic carboxylic acids is 1. The van der Waals surface area contributed by atoms with E-state index in [1.54, 1.807) is 4.90 Å². The van der Waals surface area contributed by atoms with E-state index in [0.29, 0.717) is 11.8 Å². The Balaban J connectivity index is 1.84. The molecule has 0 aromatic carbocycles. The van der Waals surface area contributed by atoms with Crippen LogP contribution in [0.3, 0.4) is 0 Å². The molecular formula is C14H23NO4. The molecule has 0 aromatic rings. The molecular weight excluding hydrogens is 246 g/mol. The molecule has 108 valence electrons. The molecule has 1 saturated heterocycles.